The molecule has 0 saturated carbocycles. The number of ether oxygens (including phenoxy) is 1. The van der Waals surface area contributed by atoms with Crippen LogP contribution in [0.1, 0.15) is 11.1 Å². The van der Waals surface area contributed by atoms with Gasteiger partial charge in [0.05, 0.1) is 19.9 Å². The summed E-state index contributed by atoms with van der Waals surface area (Å²) < 4.78 is 5.06. The van der Waals surface area contributed by atoms with Crippen LogP contribution in [0, 0.1) is 0 Å². The molecule has 0 unspecified atom stereocenters. The van der Waals surface area contributed by atoms with E-state index in [1.54, 1.807) is 25.3 Å². The minimum Gasteiger partial charge on any atom is -0.496 e. The summed E-state index contributed by atoms with van der Waals surface area (Å²) in [5.74, 6) is 0.522. The second kappa shape index (κ2) is 5.72. The Labute approximate surface area is 93.2 Å². The Balaban J connectivity index is 2.91. The van der Waals surface area contributed by atoms with Gasteiger partial charge in [-0.25, -0.2) is 0 Å². The van der Waals surface area contributed by atoms with Crippen molar-refractivity contribution in [2.75, 3.05) is 7.11 Å². The van der Waals surface area contributed by atoms with Gasteiger partial charge in [0.25, 0.3) is 0 Å². The lowest BCUT2D eigenvalue weighted by Crippen LogP contribution is -2.21. The molecule has 0 fully saturated rings. The van der Waals surface area contributed by atoms with Crippen LogP contribution in [0.3, 0.4) is 0 Å². The molecule has 6 nitrogen and oxygen atoms in total. The fourth-order valence-electron chi connectivity index (χ4n) is 1.16. The molecule has 0 aromatic heterocycles. The van der Waals surface area contributed by atoms with E-state index in [2.05, 4.69) is 10.2 Å². The molecular formula is C10H14N4O2. The Hall–Kier alpha value is -2.08. The number of guanidine groups is 1. The molecule has 1 aromatic carbocycles. The molecule has 1 aromatic rings. The fraction of sp³-hybridized carbons (Fsp3) is 0.200. The van der Waals surface area contributed by atoms with Crippen molar-refractivity contribution in [3.63, 3.8) is 0 Å². The Kier molecular flexibility index (Phi) is 4.28. The molecule has 0 atom stereocenters. The van der Waals surface area contributed by atoms with Crippen LogP contribution in [0.2, 0.25) is 0 Å². The van der Waals surface area contributed by atoms with E-state index in [4.69, 9.17) is 21.3 Å². The molecule has 5 N–H and O–H groups in total. The average Bonchev–Trinajstić information content (AvgIpc) is 2.28. The van der Waals surface area contributed by atoms with Crippen molar-refractivity contribution >= 4 is 12.2 Å². The Morgan fingerprint density at radius 1 is 1.50 bits per heavy atom. The van der Waals surface area contributed by atoms with Crippen LogP contribution < -0.4 is 16.2 Å². The number of hydrogen-bond acceptors (Lipinski definition) is 4. The zero-order valence-corrected chi connectivity index (χ0v) is 8.92. The van der Waals surface area contributed by atoms with Crippen molar-refractivity contribution in [3.8, 4) is 5.75 Å². The van der Waals surface area contributed by atoms with E-state index < -0.39 is 0 Å². The molecule has 0 bridgehead atoms. The lowest BCUT2D eigenvalue weighted by molar-refractivity contribution is 0.274. The van der Waals surface area contributed by atoms with Gasteiger partial charge in [-0.15, -0.1) is 5.10 Å². The predicted octanol–water partition coefficient (Wildman–Crippen LogP) is -0.205. The van der Waals surface area contributed by atoms with E-state index in [1.165, 1.54) is 6.21 Å². The fourth-order valence-corrected chi connectivity index (χ4v) is 1.16. The zero-order chi connectivity index (χ0) is 12.0. The van der Waals surface area contributed by atoms with Gasteiger partial charge in [0.15, 0.2) is 0 Å². The third-order valence-corrected chi connectivity index (χ3v) is 1.85. The first-order valence-corrected chi connectivity index (χ1v) is 4.57. The van der Waals surface area contributed by atoms with E-state index in [9.17, 15) is 0 Å². The minimum absolute atomic E-state index is 0.104. The number of aliphatic hydroxyl groups excluding tert-OH is 1. The molecule has 0 aliphatic rings. The normalized spacial score (nSPS) is 10.4. The van der Waals surface area contributed by atoms with Crippen molar-refractivity contribution < 1.29 is 9.84 Å². The number of aliphatic hydroxyl groups is 1. The molecule has 86 valence electrons. The first-order chi connectivity index (χ1) is 7.67. The van der Waals surface area contributed by atoms with E-state index in [1.807, 2.05) is 0 Å². The molecule has 0 radical (unpaired) electrons. The van der Waals surface area contributed by atoms with Crippen LogP contribution >= 0.6 is 0 Å². The highest BCUT2D eigenvalue weighted by Crippen LogP contribution is 2.18. The molecule has 6 heteroatoms. The van der Waals surface area contributed by atoms with Gasteiger partial charge >= 0.3 is 0 Å². The third-order valence-electron chi connectivity index (χ3n) is 1.85. The quantitative estimate of drug-likeness (QED) is 0.372. The smallest absolute Gasteiger partial charge is 0.211 e. The van der Waals surface area contributed by atoms with Crippen LogP contribution in [0.25, 0.3) is 0 Å². The highest BCUT2D eigenvalue weighted by atomic mass is 16.5. The first kappa shape index (κ1) is 12.0. The van der Waals surface area contributed by atoms with Crippen LogP contribution in [0.5, 0.6) is 5.75 Å². The summed E-state index contributed by atoms with van der Waals surface area (Å²) in [7, 11) is 1.54. The second-order valence-corrected chi connectivity index (χ2v) is 3.00. The van der Waals surface area contributed by atoms with Gasteiger partial charge < -0.3 is 21.3 Å². The zero-order valence-electron chi connectivity index (χ0n) is 8.92. The van der Waals surface area contributed by atoms with E-state index in [0.717, 1.165) is 5.56 Å². The van der Waals surface area contributed by atoms with Crippen LogP contribution in [0.4, 0.5) is 0 Å². The molecule has 0 spiro atoms. The van der Waals surface area contributed by atoms with E-state index in [0.29, 0.717) is 11.3 Å². The van der Waals surface area contributed by atoms with E-state index in [-0.39, 0.29) is 12.6 Å². The molecular weight excluding hydrogens is 208 g/mol. The Morgan fingerprint density at radius 3 is 2.81 bits per heavy atom. The van der Waals surface area contributed by atoms with Gasteiger partial charge in [-0.05, 0) is 23.8 Å². The lowest BCUT2D eigenvalue weighted by atomic mass is 10.1. The number of nitrogens with zero attached hydrogens (tertiary/aromatic N) is 2. The maximum atomic E-state index is 9.10. The number of rotatable bonds is 4. The topological polar surface area (TPSA) is 106 Å². The number of hydrogen-bond donors (Lipinski definition) is 3. The summed E-state index contributed by atoms with van der Waals surface area (Å²) in [6, 6.07) is 5.26. The van der Waals surface area contributed by atoms with Crippen molar-refractivity contribution in [2.24, 2.45) is 21.7 Å². The van der Waals surface area contributed by atoms with Gasteiger partial charge in [-0.1, -0.05) is 0 Å². The maximum Gasteiger partial charge on any atom is 0.211 e. The number of benzene rings is 1. The molecule has 0 heterocycles. The molecule has 16 heavy (non-hydrogen) atoms. The third kappa shape index (κ3) is 3.25. The Morgan fingerprint density at radius 2 is 2.25 bits per heavy atom. The predicted molar refractivity (Wildman–Crippen MR) is 62.3 cm³/mol. The summed E-state index contributed by atoms with van der Waals surface area (Å²) in [6.45, 7) is -0.104. The highest BCUT2D eigenvalue weighted by Gasteiger charge is 2.01. The van der Waals surface area contributed by atoms with Crippen molar-refractivity contribution in [1.29, 1.82) is 0 Å². The monoisotopic (exact) mass is 222 g/mol. The number of nitrogens with two attached hydrogens (primary N) is 2. The Bertz CT molecular complexity index is 411. The van der Waals surface area contributed by atoms with Crippen molar-refractivity contribution in [2.45, 2.75) is 6.61 Å². The van der Waals surface area contributed by atoms with Crippen molar-refractivity contribution in [1.82, 2.24) is 0 Å². The highest BCUT2D eigenvalue weighted by molar-refractivity contribution is 5.82. The molecule has 0 amide bonds. The van der Waals surface area contributed by atoms with Crippen LogP contribution in [0.15, 0.2) is 28.4 Å². The average molecular weight is 222 g/mol. The molecule has 0 aliphatic carbocycles. The van der Waals surface area contributed by atoms with Gasteiger partial charge in [-0.3, -0.25) is 0 Å². The molecule has 0 aliphatic heterocycles. The summed E-state index contributed by atoms with van der Waals surface area (Å²) in [5.41, 5.74) is 11.7. The van der Waals surface area contributed by atoms with Gasteiger partial charge in [0, 0.05) is 5.56 Å². The summed E-state index contributed by atoms with van der Waals surface area (Å²) in [6.07, 6.45) is 1.48. The van der Waals surface area contributed by atoms with Crippen LogP contribution in [-0.4, -0.2) is 24.4 Å². The van der Waals surface area contributed by atoms with Gasteiger partial charge in [0.2, 0.25) is 5.96 Å². The minimum atomic E-state index is -0.104. The van der Waals surface area contributed by atoms with Gasteiger partial charge in [-0.2, -0.15) is 5.10 Å². The summed E-state index contributed by atoms with van der Waals surface area (Å²) in [5, 5.41) is 16.2. The lowest BCUT2D eigenvalue weighted by Gasteiger charge is -2.05. The summed E-state index contributed by atoms with van der Waals surface area (Å²) >= 11 is 0. The first-order valence-electron chi connectivity index (χ1n) is 4.57. The van der Waals surface area contributed by atoms with Crippen LogP contribution in [-0.2, 0) is 6.61 Å². The summed E-state index contributed by atoms with van der Waals surface area (Å²) in [4.78, 5) is 0. The SMILES string of the molecule is COc1ccc(C=NN=C(N)N)cc1CO. The van der Waals surface area contributed by atoms with Crippen molar-refractivity contribution in [3.05, 3.63) is 29.3 Å². The maximum absolute atomic E-state index is 9.10. The molecule has 0 saturated heterocycles. The second-order valence-electron chi connectivity index (χ2n) is 3.00. The van der Waals surface area contributed by atoms with E-state index >= 15 is 0 Å². The standard InChI is InChI=1S/C10H14N4O2/c1-16-9-3-2-7(4-8(9)6-15)5-13-14-10(11)12/h2-5,15H,6H2,1H3,(H4,11,12,14). The number of methoxy groups -OCH3 is 1. The largest absolute Gasteiger partial charge is 0.496 e. The molecule has 1 rings (SSSR count). The van der Waals surface area contributed by atoms with Gasteiger partial charge in [0.1, 0.15) is 5.75 Å².